The van der Waals surface area contributed by atoms with Crippen molar-refractivity contribution in [3.8, 4) is 0 Å². The van der Waals surface area contributed by atoms with Gasteiger partial charge in [-0.25, -0.2) is 0 Å². The van der Waals surface area contributed by atoms with Gasteiger partial charge in [0.05, 0.1) is 35.8 Å². The molecule has 0 saturated carbocycles. The lowest BCUT2D eigenvalue weighted by molar-refractivity contribution is -0.156. The molecule has 3 fully saturated rings. The highest BCUT2D eigenvalue weighted by Crippen LogP contribution is 2.71. The summed E-state index contributed by atoms with van der Waals surface area (Å²) < 4.78 is 4.43. The number of aliphatic hydroxyl groups is 1. The van der Waals surface area contributed by atoms with Crippen molar-refractivity contribution in [2.45, 2.75) is 81.4 Å². The number of hydrogen-bond acceptors (Lipinski definition) is 7. The highest BCUT2D eigenvalue weighted by Gasteiger charge is 2.78. The number of hydrogen-bond donors (Lipinski definition) is 1. The number of unbranched alkanes of at least 4 members (excludes halogenated alkanes) is 1. The number of esters is 1. The smallest absolute Gasteiger partial charge is 0.311 e. The second-order valence-electron chi connectivity index (χ2n) is 11.7. The molecule has 2 unspecified atom stereocenters. The van der Waals surface area contributed by atoms with Crippen LogP contribution in [0.25, 0.3) is 0 Å². The van der Waals surface area contributed by atoms with Crippen LogP contribution in [0.3, 0.4) is 0 Å². The summed E-state index contributed by atoms with van der Waals surface area (Å²) in [6.45, 7) is 17.8. The molecule has 3 aliphatic rings. The van der Waals surface area contributed by atoms with Crippen molar-refractivity contribution in [3.63, 3.8) is 0 Å². The summed E-state index contributed by atoms with van der Waals surface area (Å²) in [4.78, 5) is 48.3. The first-order valence-corrected chi connectivity index (χ1v) is 16.2. The van der Waals surface area contributed by atoms with Crippen molar-refractivity contribution >= 4 is 40.9 Å². The van der Waals surface area contributed by atoms with Crippen LogP contribution in [0.4, 0.5) is 11.4 Å². The number of thioether (sulfide) groups is 1. The second kappa shape index (κ2) is 13.2. The topological polar surface area (TPSA) is 90.4 Å². The number of anilines is 2. The minimum atomic E-state index is -0.820. The predicted molar refractivity (Wildman–Crippen MR) is 170 cm³/mol. The summed E-state index contributed by atoms with van der Waals surface area (Å²) in [5.41, 5.74) is 1.80. The van der Waals surface area contributed by atoms with Crippen LogP contribution in [-0.4, -0.2) is 82.2 Å². The number of benzene rings is 1. The lowest BCUT2D eigenvalue weighted by Crippen LogP contribution is -2.57. The zero-order valence-corrected chi connectivity index (χ0v) is 26.4. The van der Waals surface area contributed by atoms with Crippen molar-refractivity contribution in [2.24, 2.45) is 11.8 Å². The lowest BCUT2D eigenvalue weighted by atomic mass is 9.66. The molecular formula is C33H47N3O5S. The minimum Gasteiger partial charge on any atom is -0.465 e. The van der Waals surface area contributed by atoms with Gasteiger partial charge < -0.3 is 24.5 Å². The van der Waals surface area contributed by atoms with E-state index in [1.54, 1.807) is 33.7 Å². The van der Waals surface area contributed by atoms with Gasteiger partial charge in [0, 0.05) is 35.8 Å². The van der Waals surface area contributed by atoms with Crippen molar-refractivity contribution in [1.29, 1.82) is 0 Å². The Kier molecular flexibility index (Phi) is 10.1. The number of ether oxygens (including phenoxy) is 1. The minimum absolute atomic E-state index is 0.204. The number of rotatable bonds is 15. The van der Waals surface area contributed by atoms with E-state index in [9.17, 15) is 19.5 Å². The molecule has 3 heterocycles. The molecule has 1 spiro atoms. The van der Waals surface area contributed by atoms with Gasteiger partial charge in [0.1, 0.15) is 6.04 Å². The molecule has 2 bridgehead atoms. The van der Waals surface area contributed by atoms with Crippen LogP contribution < -0.4 is 9.80 Å². The Labute approximate surface area is 255 Å². The number of allylic oxidation sites excluding steroid dienone is 1. The van der Waals surface area contributed by atoms with Gasteiger partial charge in [-0.05, 0) is 77.1 Å². The number of nitrogens with zero attached hydrogens (tertiary/aromatic N) is 3. The fourth-order valence-corrected chi connectivity index (χ4v) is 9.66. The third kappa shape index (κ3) is 5.39. The summed E-state index contributed by atoms with van der Waals surface area (Å²) in [6, 6.07) is 6.57. The largest absolute Gasteiger partial charge is 0.465 e. The van der Waals surface area contributed by atoms with Crippen LogP contribution >= 0.6 is 11.8 Å². The highest BCUT2D eigenvalue weighted by atomic mass is 32.2. The van der Waals surface area contributed by atoms with Gasteiger partial charge in [-0.1, -0.05) is 19.1 Å². The van der Waals surface area contributed by atoms with E-state index in [2.05, 4.69) is 31.9 Å². The second-order valence-corrected chi connectivity index (χ2v) is 13.6. The summed E-state index contributed by atoms with van der Waals surface area (Å²) >= 11 is 1.62. The van der Waals surface area contributed by atoms with Gasteiger partial charge >= 0.3 is 5.97 Å². The van der Waals surface area contributed by atoms with Crippen molar-refractivity contribution in [3.05, 3.63) is 49.6 Å². The molecular weight excluding hydrogens is 550 g/mol. The third-order valence-corrected chi connectivity index (χ3v) is 11.4. The van der Waals surface area contributed by atoms with E-state index < -0.39 is 33.4 Å². The molecule has 4 rings (SSSR count). The molecule has 0 radical (unpaired) electrons. The molecule has 6 atom stereocenters. The molecule has 42 heavy (non-hydrogen) atoms. The monoisotopic (exact) mass is 597 g/mol. The van der Waals surface area contributed by atoms with Crippen molar-refractivity contribution in [2.75, 3.05) is 42.6 Å². The number of aliphatic hydroxyl groups excluding tert-OH is 1. The number of carbonyl (C=O) groups is 3. The molecule has 8 nitrogen and oxygen atoms in total. The molecule has 9 heteroatoms. The van der Waals surface area contributed by atoms with E-state index in [-0.39, 0.29) is 37.5 Å². The van der Waals surface area contributed by atoms with Gasteiger partial charge in [-0.15, -0.1) is 24.9 Å². The fourth-order valence-electron chi connectivity index (χ4n) is 7.33. The summed E-state index contributed by atoms with van der Waals surface area (Å²) in [5.74, 6) is -2.13. The summed E-state index contributed by atoms with van der Waals surface area (Å²) in [6.07, 6.45) is 6.74. The van der Waals surface area contributed by atoms with Crippen LogP contribution in [0.2, 0.25) is 0 Å². The van der Waals surface area contributed by atoms with Crippen LogP contribution in [0.15, 0.2) is 49.6 Å². The Morgan fingerprint density at radius 3 is 2.38 bits per heavy atom. The van der Waals surface area contributed by atoms with Gasteiger partial charge in [0.2, 0.25) is 5.91 Å². The number of likely N-dealkylation sites (tertiary alicyclic amines) is 1. The van der Waals surface area contributed by atoms with Crippen LogP contribution in [-0.2, 0) is 19.1 Å². The Morgan fingerprint density at radius 2 is 1.81 bits per heavy atom. The fraction of sp³-hybridized carbons (Fsp3) is 0.606. The predicted octanol–water partition coefficient (Wildman–Crippen LogP) is 4.81. The quantitative estimate of drug-likeness (QED) is 0.176. The van der Waals surface area contributed by atoms with Gasteiger partial charge in [-0.2, -0.15) is 0 Å². The van der Waals surface area contributed by atoms with E-state index in [1.807, 2.05) is 38.1 Å². The maximum Gasteiger partial charge on any atom is 0.311 e. The van der Waals surface area contributed by atoms with E-state index in [4.69, 9.17) is 4.74 Å². The Bertz CT molecular complexity index is 1170. The molecule has 1 aromatic carbocycles. The average molecular weight is 598 g/mol. The summed E-state index contributed by atoms with van der Waals surface area (Å²) in [5, 5.41) is 10.4. The average Bonchev–Trinajstić information content (AvgIpc) is 3.56. The molecule has 1 N–H and O–H groups in total. The van der Waals surface area contributed by atoms with Crippen molar-refractivity contribution in [1.82, 2.24) is 4.90 Å². The third-order valence-electron chi connectivity index (χ3n) is 9.44. The molecule has 3 saturated heterocycles. The van der Waals surface area contributed by atoms with E-state index in [0.717, 1.165) is 30.9 Å². The van der Waals surface area contributed by atoms with Crippen LogP contribution in [0, 0.1) is 11.8 Å². The number of amides is 2. The Hall–Kier alpha value is -2.78. The van der Waals surface area contributed by atoms with Crippen molar-refractivity contribution < 1.29 is 24.2 Å². The SMILES string of the molecule is C=CCCCOC(=O)[C@@H]1[C@H]2C(=O)N([C@@H](CC)CO)C(C(=O)N(CC=C)c3ccc(N(CC)CC)cc3)C23CC[C@@]1(C)S3. The first-order valence-electron chi connectivity index (χ1n) is 15.4. The molecule has 0 aromatic heterocycles. The van der Waals surface area contributed by atoms with E-state index in [1.165, 1.54) is 0 Å². The maximum atomic E-state index is 14.8. The lowest BCUT2D eigenvalue weighted by Gasteiger charge is -2.39. The van der Waals surface area contributed by atoms with Crippen LogP contribution in [0.5, 0.6) is 0 Å². The normalized spacial score (nSPS) is 28.4. The molecule has 0 aliphatic carbocycles. The highest BCUT2D eigenvalue weighted by molar-refractivity contribution is 8.02. The zero-order valence-electron chi connectivity index (χ0n) is 25.6. The van der Waals surface area contributed by atoms with E-state index >= 15 is 0 Å². The number of fused-ring (bicyclic) bond motifs is 1. The zero-order chi connectivity index (χ0) is 30.7. The molecule has 230 valence electrons. The van der Waals surface area contributed by atoms with Gasteiger partial charge in [0.15, 0.2) is 0 Å². The summed E-state index contributed by atoms with van der Waals surface area (Å²) in [7, 11) is 0. The van der Waals surface area contributed by atoms with Gasteiger partial charge in [-0.3, -0.25) is 14.4 Å². The Morgan fingerprint density at radius 1 is 1.14 bits per heavy atom. The Balaban J connectivity index is 1.74. The molecule has 1 aromatic rings. The molecule has 2 amide bonds. The number of carbonyl (C=O) groups excluding carboxylic acids is 3. The first-order chi connectivity index (χ1) is 20.2. The van der Waals surface area contributed by atoms with Gasteiger partial charge in [0.25, 0.3) is 5.91 Å². The maximum absolute atomic E-state index is 14.8. The molecule has 3 aliphatic heterocycles. The first kappa shape index (κ1) is 32.1. The standard InChI is InChI=1S/C33H47N3O5S/c1-7-12-13-21-41-31(40)27-26-29(38)36(23(9-3)22-37)28(33(26)19-18-32(27,6)42-33)30(39)35(20-8-2)25-16-14-24(15-17-25)34(10-4)11-5/h7-8,14-17,23,26-28,37H,1-2,9-13,18-22H2,3-6H3/t23-,26-,27-,28?,32+,33?/m0/s1. The van der Waals surface area contributed by atoms with Crippen LogP contribution in [0.1, 0.15) is 59.8 Å². The van der Waals surface area contributed by atoms with E-state index in [0.29, 0.717) is 25.7 Å².